The number of ether oxygens (including phenoxy) is 1. The van der Waals surface area contributed by atoms with E-state index in [0.717, 1.165) is 12.8 Å². The molecule has 0 atom stereocenters. The van der Waals surface area contributed by atoms with Gasteiger partial charge in [-0.2, -0.15) is 0 Å². The number of amides is 1. The third-order valence-electron chi connectivity index (χ3n) is 3.48. The Morgan fingerprint density at radius 3 is 2.52 bits per heavy atom. The van der Waals surface area contributed by atoms with Crippen molar-refractivity contribution in [3.05, 3.63) is 29.6 Å². The normalized spacial score (nSPS) is 16.3. The van der Waals surface area contributed by atoms with Crippen LogP contribution in [0.15, 0.2) is 23.1 Å². The maximum Gasteiger partial charge on any atom is 0.410 e. The highest BCUT2D eigenvalue weighted by Gasteiger charge is 2.27. The average molecular weight is 339 g/mol. The summed E-state index contributed by atoms with van der Waals surface area (Å²) in [5.74, 6) is -0.367. The number of piperidine rings is 1. The smallest absolute Gasteiger partial charge is 0.410 e. The predicted molar refractivity (Wildman–Crippen MR) is 88.5 cm³/mol. The Morgan fingerprint density at radius 1 is 1.35 bits per heavy atom. The minimum Gasteiger partial charge on any atom is -0.444 e. The molecule has 0 saturated carbocycles. The SMILES string of the molecule is CC(C)(C)OC(=O)N1CCC(Sc2ccc(C=O)cc2F)CC1. The van der Waals surface area contributed by atoms with E-state index in [1.54, 1.807) is 17.0 Å². The van der Waals surface area contributed by atoms with Crippen LogP contribution in [0, 0.1) is 5.82 Å². The summed E-state index contributed by atoms with van der Waals surface area (Å²) in [5.41, 5.74) is -0.154. The van der Waals surface area contributed by atoms with Gasteiger partial charge in [-0.15, -0.1) is 11.8 Å². The molecule has 1 aromatic carbocycles. The van der Waals surface area contributed by atoms with Gasteiger partial charge < -0.3 is 9.64 Å². The van der Waals surface area contributed by atoms with Crippen LogP contribution in [0.3, 0.4) is 0 Å². The van der Waals surface area contributed by atoms with Crippen molar-refractivity contribution in [3.8, 4) is 0 Å². The zero-order valence-electron chi connectivity index (χ0n) is 13.7. The summed E-state index contributed by atoms with van der Waals surface area (Å²) < 4.78 is 19.3. The van der Waals surface area contributed by atoms with Crippen molar-refractivity contribution in [2.45, 2.75) is 49.4 Å². The number of nitrogens with zero attached hydrogens (tertiary/aromatic N) is 1. The van der Waals surface area contributed by atoms with Gasteiger partial charge in [-0.1, -0.05) is 6.07 Å². The minimum atomic E-state index is -0.494. The summed E-state index contributed by atoms with van der Waals surface area (Å²) in [5, 5.41) is 0.255. The van der Waals surface area contributed by atoms with E-state index in [-0.39, 0.29) is 17.2 Å². The summed E-state index contributed by atoms with van der Waals surface area (Å²) in [4.78, 5) is 24.9. The molecule has 2 rings (SSSR count). The maximum absolute atomic E-state index is 13.9. The highest BCUT2D eigenvalue weighted by Crippen LogP contribution is 2.32. The fraction of sp³-hybridized carbons (Fsp3) is 0.529. The summed E-state index contributed by atoms with van der Waals surface area (Å²) in [7, 11) is 0. The molecular weight excluding hydrogens is 317 g/mol. The fourth-order valence-electron chi connectivity index (χ4n) is 2.35. The van der Waals surface area contributed by atoms with Crippen LogP contribution in [0.5, 0.6) is 0 Å². The number of likely N-dealkylation sites (tertiary alicyclic amines) is 1. The third kappa shape index (κ3) is 5.23. The van der Waals surface area contributed by atoms with Crippen LogP contribution in [-0.4, -0.2) is 41.2 Å². The lowest BCUT2D eigenvalue weighted by atomic mass is 10.1. The molecule has 0 unspecified atom stereocenters. The van der Waals surface area contributed by atoms with Gasteiger partial charge >= 0.3 is 6.09 Å². The summed E-state index contributed by atoms with van der Waals surface area (Å²) in [6.45, 7) is 6.76. The fourth-order valence-corrected chi connectivity index (χ4v) is 3.47. The molecule has 126 valence electrons. The lowest BCUT2D eigenvalue weighted by Crippen LogP contribution is -2.42. The molecule has 0 bridgehead atoms. The number of benzene rings is 1. The van der Waals surface area contributed by atoms with E-state index < -0.39 is 5.60 Å². The molecule has 1 heterocycles. The molecule has 6 heteroatoms. The number of hydrogen-bond acceptors (Lipinski definition) is 4. The Bertz CT molecular complexity index is 578. The van der Waals surface area contributed by atoms with Crippen molar-refractivity contribution in [1.82, 2.24) is 4.90 Å². The molecule has 0 aromatic heterocycles. The lowest BCUT2D eigenvalue weighted by molar-refractivity contribution is 0.0219. The van der Waals surface area contributed by atoms with Crippen molar-refractivity contribution < 1.29 is 18.7 Å². The Kier molecular flexibility index (Phi) is 5.68. The number of hydrogen-bond donors (Lipinski definition) is 0. The highest BCUT2D eigenvalue weighted by molar-refractivity contribution is 8.00. The lowest BCUT2D eigenvalue weighted by Gasteiger charge is -2.33. The molecule has 4 nitrogen and oxygen atoms in total. The topological polar surface area (TPSA) is 46.6 Å². The predicted octanol–water partition coefficient (Wildman–Crippen LogP) is 4.13. The second-order valence-electron chi connectivity index (χ2n) is 6.59. The van der Waals surface area contributed by atoms with Crippen LogP contribution in [0.1, 0.15) is 44.0 Å². The first-order valence-corrected chi connectivity index (χ1v) is 8.56. The van der Waals surface area contributed by atoms with Crippen molar-refractivity contribution in [2.75, 3.05) is 13.1 Å². The first-order chi connectivity index (χ1) is 10.8. The van der Waals surface area contributed by atoms with E-state index >= 15 is 0 Å². The number of carbonyl (C=O) groups excluding carboxylic acids is 2. The number of halogens is 1. The molecule has 1 aromatic rings. The van der Waals surface area contributed by atoms with Crippen LogP contribution < -0.4 is 0 Å². The van der Waals surface area contributed by atoms with E-state index in [2.05, 4.69) is 0 Å². The summed E-state index contributed by atoms with van der Waals surface area (Å²) >= 11 is 1.47. The van der Waals surface area contributed by atoms with Gasteiger partial charge in [-0.05, 0) is 45.7 Å². The second kappa shape index (κ2) is 7.34. The third-order valence-corrected chi connectivity index (χ3v) is 4.87. The second-order valence-corrected chi connectivity index (χ2v) is 7.93. The molecule has 1 aliphatic heterocycles. The molecule has 0 aliphatic carbocycles. The Morgan fingerprint density at radius 2 is 2.00 bits per heavy atom. The monoisotopic (exact) mass is 339 g/mol. The van der Waals surface area contributed by atoms with Crippen molar-refractivity contribution in [1.29, 1.82) is 0 Å². The van der Waals surface area contributed by atoms with Crippen LogP contribution in [-0.2, 0) is 4.74 Å². The molecule has 23 heavy (non-hydrogen) atoms. The summed E-state index contributed by atoms with van der Waals surface area (Å²) in [6.07, 6.45) is 1.93. The highest BCUT2D eigenvalue weighted by atomic mass is 32.2. The van der Waals surface area contributed by atoms with Crippen LogP contribution in [0.25, 0.3) is 0 Å². The van der Waals surface area contributed by atoms with Crippen molar-refractivity contribution >= 4 is 24.1 Å². The van der Waals surface area contributed by atoms with Gasteiger partial charge in [0.1, 0.15) is 17.7 Å². The van der Waals surface area contributed by atoms with E-state index in [1.807, 2.05) is 20.8 Å². The first kappa shape index (κ1) is 17.8. The molecule has 1 saturated heterocycles. The number of thioether (sulfide) groups is 1. The maximum atomic E-state index is 13.9. The Balaban J connectivity index is 1.87. The van der Waals surface area contributed by atoms with E-state index in [1.165, 1.54) is 17.8 Å². The Labute approximate surface area is 140 Å². The molecule has 1 amide bonds. The van der Waals surface area contributed by atoms with E-state index in [9.17, 15) is 14.0 Å². The van der Waals surface area contributed by atoms with Gasteiger partial charge in [0.15, 0.2) is 0 Å². The Hall–Kier alpha value is -1.56. The molecule has 0 radical (unpaired) electrons. The number of aldehydes is 1. The zero-order chi connectivity index (χ0) is 17.0. The average Bonchev–Trinajstić information content (AvgIpc) is 2.48. The van der Waals surface area contributed by atoms with Gasteiger partial charge in [0.2, 0.25) is 0 Å². The van der Waals surface area contributed by atoms with E-state index in [4.69, 9.17) is 4.74 Å². The first-order valence-electron chi connectivity index (χ1n) is 7.68. The molecular formula is C17H22FNO3S. The number of carbonyl (C=O) groups is 2. The van der Waals surface area contributed by atoms with Gasteiger partial charge in [0.05, 0.1) is 0 Å². The minimum absolute atomic E-state index is 0.255. The zero-order valence-corrected chi connectivity index (χ0v) is 14.5. The van der Waals surface area contributed by atoms with Gasteiger partial charge in [-0.25, -0.2) is 9.18 Å². The largest absolute Gasteiger partial charge is 0.444 e. The molecule has 0 spiro atoms. The van der Waals surface area contributed by atoms with Gasteiger partial charge in [-0.3, -0.25) is 4.79 Å². The van der Waals surface area contributed by atoms with Crippen molar-refractivity contribution in [3.63, 3.8) is 0 Å². The standard InChI is InChI=1S/C17H22FNO3S/c1-17(2,3)22-16(21)19-8-6-13(7-9-19)23-15-5-4-12(11-20)10-14(15)18/h4-5,10-11,13H,6-9H2,1-3H3. The molecule has 0 N–H and O–H groups in total. The van der Waals surface area contributed by atoms with Crippen molar-refractivity contribution in [2.24, 2.45) is 0 Å². The van der Waals surface area contributed by atoms with Crippen LogP contribution in [0.2, 0.25) is 0 Å². The van der Waals surface area contributed by atoms with Gasteiger partial charge in [0, 0.05) is 28.8 Å². The van der Waals surface area contributed by atoms with Gasteiger partial charge in [0.25, 0.3) is 0 Å². The summed E-state index contributed by atoms with van der Waals surface area (Å²) in [6, 6.07) is 4.52. The molecule has 1 aliphatic rings. The van der Waals surface area contributed by atoms with E-state index in [0.29, 0.717) is 29.8 Å². The quantitative estimate of drug-likeness (QED) is 0.777. The number of rotatable bonds is 3. The molecule has 1 fully saturated rings. The van der Waals surface area contributed by atoms with Crippen LogP contribution in [0.4, 0.5) is 9.18 Å². The van der Waals surface area contributed by atoms with Crippen LogP contribution >= 0.6 is 11.8 Å².